The monoisotopic (exact) mass is 287 g/mol. The van der Waals surface area contributed by atoms with E-state index in [1.165, 1.54) is 28.6 Å². The molecule has 6 heteroatoms. The van der Waals surface area contributed by atoms with Crippen molar-refractivity contribution in [3.63, 3.8) is 0 Å². The molecule has 100 valence electrons. The zero-order valence-corrected chi connectivity index (χ0v) is 11.2. The van der Waals surface area contributed by atoms with Gasteiger partial charge in [0, 0.05) is 4.90 Å². The Bertz CT molecular complexity index is 801. The van der Waals surface area contributed by atoms with E-state index in [9.17, 15) is 9.18 Å². The highest BCUT2D eigenvalue weighted by atomic mass is 32.2. The van der Waals surface area contributed by atoms with Crippen molar-refractivity contribution in [2.24, 2.45) is 0 Å². The van der Waals surface area contributed by atoms with Gasteiger partial charge in [-0.05, 0) is 36.4 Å². The Morgan fingerprint density at radius 3 is 2.65 bits per heavy atom. The first-order chi connectivity index (χ1) is 9.74. The van der Waals surface area contributed by atoms with E-state index in [0.29, 0.717) is 16.8 Å². The first kappa shape index (κ1) is 12.8. The number of benzene rings is 2. The summed E-state index contributed by atoms with van der Waals surface area (Å²) < 4.78 is 14.1. The second-order valence-electron chi connectivity index (χ2n) is 4.14. The summed E-state index contributed by atoms with van der Waals surface area (Å²) in [7, 11) is 0. The maximum absolute atomic E-state index is 12.8. The van der Waals surface area contributed by atoms with E-state index < -0.39 is 0 Å². The smallest absolute Gasteiger partial charge is 0.267 e. The van der Waals surface area contributed by atoms with Crippen molar-refractivity contribution in [1.82, 2.24) is 15.0 Å². The number of nitrogens with zero attached hydrogens (tertiary/aromatic N) is 3. The van der Waals surface area contributed by atoms with Crippen LogP contribution >= 0.6 is 11.8 Å². The first-order valence-electron chi connectivity index (χ1n) is 5.95. The molecule has 3 rings (SSSR count). The Hall–Kier alpha value is -2.21. The molecule has 0 aliphatic rings. The molecular weight excluding hydrogens is 277 g/mol. The van der Waals surface area contributed by atoms with Gasteiger partial charge in [0.15, 0.2) is 0 Å². The Morgan fingerprint density at radius 1 is 1.10 bits per heavy atom. The lowest BCUT2D eigenvalue weighted by Gasteiger charge is -2.04. The molecule has 0 atom stereocenters. The third-order valence-corrected chi connectivity index (χ3v) is 3.78. The average molecular weight is 287 g/mol. The molecule has 0 N–H and O–H groups in total. The summed E-state index contributed by atoms with van der Waals surface area (Å²) in [4.78, 5) is 13.1. The van der Waals surface area contributed by atoms with Crippen LogP contribution < -0.4 is 5.56 Å². The van der Waals surface area contributed by atoms with Crippen molar-refractivity contribution < 1.29 is 4.39 Å². The third kappa shape index (κ3) is 2.55. The summed E-state index contributed by atoms with van der Waals surface area (Å²) in [6.45, 7) is 0. The van der Waals surface area contributed by atoms with Gasteiger partial charge in [-0.25, -0.2) is 9.07 Å². The molecule has 1 heterocycles. The lowest BCUT2D eigenvalue weighted by atomic mass is 10.2. The fourth-order valence-electron chi connectivity index (χ4n) is 1.77. The largest absolute Gasteiger partial charge is 0.278 e. The van der Waals surface area contributed by atoms with Crippen LogP contribution in [0.3, 0.4) is 0 Å². The van der Waals surface area contributed by atoms with Gasteiger partial charge in [-0.1, -0.05) is 17.3 Å². The minimum Gasteiger partial charge on any atom is -0.267 e. The molecule has 0 aliphatic heterocycles. The van der Waals surface area contributed by atoms with Gasteiger partial charge in [-0.3, -0.25) is 4.79 Å². The molecule has 0 fully saturated rings. The highest BCUT2D eigenvalue weighted by molar-refractivity contribution is 7.98. The van der Waals surface area contributed by atoms with E-state index in [0.717, 1.165) is 4.90 Å². The molecule has 20 heavy (non-hydrogen) atoms. The summed E-state index contributed by atoms with van der Waals surface area (Å²) in [5.74, 6) is 0.0551. The van der Waals surface area contributed by atoms with Gasteiger partial charge in [0.1, 0.15) is 11.3 Å². The van der Waals surface area contributed by atoms with Gasteiger partial charge < -0.3 is 0 Å². The molecular formula is C14H10FN3OS. The molecule has 2 aromatic carbocycles. The Kier molecular flexibility index (Phi) is 3.47. The third-order valence-electron chi connectivity index (χ3n) is 2.80. The average Bonchev–Trinajstić information content (AvgIpc) is 2.49. The Balaban J connectivity index is 1.86. The highest BCUT2D eigenvalue weighted by Gasteiger charge is 2.05. The predicted molar refractivity (Wildman–Crippen MR) is 76.1 cm³/mol. The highest BCUT2D eigenvalue weighted by Crippen LogP contribution is 2.19. The fourth-order valence-corrected chi connectivity index (χ4v) is 2.54. The second-order valence-corrected chi connectivity index (χ2v) is 5.16. The predicted octanol–water partition coefficient (Wildman–Crippen LogP) is 2.68. The maximum atomic E-state index is 12.8. The summed E-state index contributed by atoms with van der Waals surface area (Å²) in [6.07, 6.45) is 0. The molecule has 1 aromatic heterocycles. The molecule has 0 unspecified atom stereocenters. The zero-order chi connectivity index (χ0) is 13.9. The minimum absolute atomic E-state index is 0.176. The summed E-state index contributed by atoms with van der Waals surface area (Å²) in [5, 5.41) is 8.45. The number of aromatic nitrogens is 3. The first-order valence-corrected chi connectivity index (χ1v) is 6.93. The SMILES string of the molecule is O=c1c2ccccc2nnn1CSc1ccc(F)cc1. The summed E-state index contributed by atoms with van der Waals surface area (Å²) in [5.41, 5.74) is 0.408. The van der Waals surface area contributed by atoms with Gasteiger partial charge in [0.25, 0.3) is 5.56 Å². The van der Waals surface area contributed by atoms with Crippen LogP contribution in [-0.2, 0) is 5.88 Å². The lowest BCUT2D eigenvalue weighted by Crippen LogP contribution is -2.23. The van der Waals surface area contributed by atoms with Crippen molar-refractivity contribution in [3.8, 4) is 0 Å². The van der Waals surface area contributed by atoms with Gasteiger partial charge in [-0.15, -0.1) is 16.9 Å². The zero-order valence-electron chi connectivity index (χ0n) is 10.4. The van der Waals surface area contributed by atoms with Crippen molar-refractivity contribution in [1.29, 1.82) is 0 Å². The van der Waals surface area contributed by atoms with Crippen molar-refractivity contribution in [2.75, 3.05) is 0 Å². The fraction of sp³-hybridized carbons (Fsp3) is 0.0714. The lowest BCUT2D eigenvalue weighted by molar-refractivity contribution is 0.626. The van der Waals surface area contributed by atoms with Crippen LogP contribution in [0.15, 0.2) is 58.2 Å². The van der Waals surface area contributed by atoms with Crippen LogP contribution in [0.4, 0.5) is 4.39 Å². The summed E-state index contributed by atoms with van der Waals surface area (Å²) in [6, 6.07) is 13.2. The summed E-state index contributed by atoms with van der Waals surface area (Å²) >= 11 is 1.40. The van der Waals surface area contributed by atoms with Crippen LogP contribution in [0.2, 0.25) is 0 Å². The van der Waals surface area contributed by atoms with E-state index in [-0.39, 0.29) is 11.4 Å². The topological polar surface area (TPSA) is 47.8 Å². The second kappa shape index (κ2) is 5.42. The van der Waals surface area contributed by atoms with Gasteiger partial charge in [-0.2, -0.15) is 0 Å². The molecule has 3 aromatic rings. The number of fused-ring (bicyclic) bond motifs is 1. The quantitative estimate of drug-likeness (QED) is 0.695. The maximum Gasteiger partial charge on any atom is 0.278 e. The Morgan fingerprint density at radius 2 is 1.85 bits per heavy atom. The van der Waals surface area contributed by atoms with Crippen LogP contribution in [0, 0.1) is 5.82 Å². The molecule has 0 bridgehead atoms. The van der Waals surface area contributed by atoms with Crippen molar-refractivity contribution >= 4 is 22.7 Å². The van der Waals surface area contributed by atoms with Crippen molar-refractivity contribution in [2.45, 2.75) is 10.8 Å². The number of rotatable bonds is 3. The standard InChI is InChI=1S/C14H10FN3OS/c15-10-5-7-11(8-6-10)20-9-18-14(19)12-3-1-2-4-13(12)16-17-18/h1-8H,9H2. The molecule has 0 amide bonds. The van der Waals surface area contributed by atoms with Gasteiger partial charge in [0.05, 0.1) is 11.3 Å². The number of halogens is 1. The molecule has 0 aliphatic carbocycles. The van der Waals surface area contributed by atoms with E-state index in [4.69, 9.17) is 0 Å². The molecule has 0 radical (unpaired) electrons. The van der Waals surface area contributed by atoms with E-state index in [1.807, 2.05) is 6.07 Å². The molecule has 4 nitrogen and oxygen atoms in total. The van der Waals surface area contributed by atoms with Gasteiger partial charge in [0.2, 0.25) is 0 Å². The minimum atomic E-state index is -0.281. The van der Waals surface area contributed by atoms with Gasteiger partial charge >= 0.3 is 0 Å². The van der Waals surface area contributed by atoms with E-state index >= 15 is 0 Å². The van der Waals surface area contributed by atoms with Crippen molar-refractivity contribution in [3.05, 3.63) is 64.7 Å². The molecule has 0 spiro atoms. The van der Waals surface area contributed by atoms with Crippen LogP contribution in [0.5, 0.6) is 0 Å². The van der Waals surface area contributed by atoms with E-state index in [1.54, 1.807) is 30.3 Å². The number of hydrogen-bond donors (Lipinski definition) is 0. The normalized spacial score (nSPS) is 10.8. The Labute approximate surface area is 118 Å². The van der Waals surface area contributed by atoms with Crippen LogP contribution in [0.25, 0.3) is 10.9 Å². The van der Waals surface area contributed by atoms with Crippen LogP contribution in [-0.4, -0.2) is 15.0 Å². The van der Waals surface area contributed by atoms with Crippen LogP contribution in [0.1, 0.15) is 0 Å². The molecule has 0 saturated heterocycles. The molecule has 0 saturated carbocycles. The van der Waals surface area contributed by atoms with E-state index in [2.05, 4.69) is 10.3 Å². The number of thioether (sulfide) groups is 1. The number of hydrogen-bond acceptors (Lipinski definition) is 4.